The molecule has 5 nitrogen and oxygen atoms in total. The first-order valence-corrected chi connectivity index (χ1v) is 6.90. The van der Waals surface area contributed by atoms with Gasteiger partial charge in [-0.2, -0.15) is 0 Å². The smallest absolute Gasteiger partial charge is 0.354 e. The molecule has 19 heavy (non-hydrogen) atoms. The second-order valence-electron chi connectivity index (χ2n) is 4.86. The van der Waals surface area contributed by atoms with Crippen LogP contribution in [0.4, 0.5) is 5.82 Å². The average Bonchev–Trinajstić information content (AvgIpc) is 2.46. The largest absolute Gasteiger partial charge is 0.477 e. The van der Waals surface area contributed by atoms with Crippen molar-refractivity contribution in [3.05, 3.63) is 23.9 Å². The van der Waals surface area contributed by atoms with Crippen LogP contribution in [-0.4, -0.2) is 41.7 Å². The Hall–Kier alpha value is -1.62. The fourth-order valence-corrected chi connectivity index (χ4v) is 2.55. The fourth-order valence-electron chi connectivity index (χ4n) is 2.55. The molecule has 2 rings (SSSR count). The Balaban J connectivity index is 2.22. The van der Waals surface area contributed by atoms with Crippen molar-refractivity contribution in [3.8, 4) is 0 Å². The number of piperidine rings is 1. The van der Waals surface area contributed by atoms with E-state index in [2.05, 4.69) is 22.1 Å². The van der Waals surface area contributed by atoms with E-state index in [4.69, 9.17) is 5.11 Å². The van der Waals surface area contributed by atoms with Gasteiger partial charge in [0.15, 0.2) is 5.69 Å². The van der Waals surface area contributed by atoms with Crippen molar-refractivity contribution >= 4 is 11.8 Å². The SMILES string of the molecule is CCCN(c1cccc(C(=O)O)n1)C1CCNCC1. The van der Waals surface area contributed by atoms with Crippen molar-refractivity contribution < 1.29 is 9.90 Å². The van der Waals surface area contributed by atoms with Crippen LogP contribution in [0, 0.1) is 0 Å². The van der Waals surface area contributed by atoms with Gasteiger partial charge in [0.25, 0.3) is 0 Å². The van der Waals surface area contributed by atoms with E-state index in [1.54, 1.807) is 12.1 Å². The zero-order valence-corrected chi connectivity index (χ0v) is 11.3. The number of anilines is 1. The Labute approximate surface area is 113 Å². The first-order chi connectivity index (χ1) is 9.22. The standard InChI is InChI=1S/C14H21N3O2/c1-2-10-17(11-6-8-15-9-7-11)13-5-3-4-12(16-13)14(18)19/h3-5,11,15H,2,6-10H2,1H3,(H,18,19). The molecule has 0 unspecified atom stereocenters. The quantitative estimate of drug-likeness (QED) is 0.847. The molecule has 1 aromatic heterocycles. The van der Waals surface area contributed by atoms with Crippen LogP contribution >= 0.6 is 0 Å². The summed E-state index contributed by atoms with van der Waals surface area (Å²) in [6.07, 6.45) is 3.20. The highest BCUT2D eigenvalue weighted by Gasteiger charge is 2.22. The van der Waals surface area contributed by atoms with E-state index in [1.807, 2.05) is 6.07 Å². The molecule has 2 N–H and O–H groups in total. The normalized spacial score (nSPS) is 16.3. The van der Waals surface area contributed by atoms with E-state index in [-0.39, 0.29) is 5.69 Å². The molecule has 0 saturated carbocycles. The molecule has 0 aromatic carbocycles. The van der Waals surface area contributed by atoms with Crippen LogP contribution in [0.3, 0.4) is 0 Å². The second kappa shape index (κ2) is 6.52. The number of carbonyl (C=O) groups is 1. The Morgan fingerprint density at radius 2 is 2.21 bits per heavy atom. The third kappa shape index (κ3) is 3.44. The van der Waals surface area contributed by atoms with Crippen molar-refractivity contribution in [3.63, 3.8) is 0 Å². The molecule has 1 saturated heterocycles. The number of pyridine rings is 1. The van der Waals surface area contributed by atoms with E-state index < -0.39 is 5.97 Å². The van der Waals surface area contributed by atoms with Gasteiger partial charge in [-0.25, -0.2) is 9.78 Å². The molecule has 0 bridgehead atoms. The molecule has 1 aromatic rings. The monoisotopic (exact) mass is 263 g/mol. The molecule has 1 aliphatic heterocycles. The maximum Gasteiger partial charge on any atom is 0.354 e. The van der Waals surface area contributed by atoms with Crippen LogP contribution in [0.15, 0.2) is 18.2 Å². The summed E-state index contributed by atoms with van der Waals surface area (Å²) < 4.78 is 0. The maximum absolute atomic E-state index is 11.0. The van der Waals surface area contributed by atoms with Gasteiger partial charge in [0.1, 0.15) is 5.82 Å². The van der Waals surface area contributed by atoms with Gasteiger partial charge in [-0.05, 0) is 44.5 Å². The van der Waals surface area contributed by atoms with E-state index in [0.717, 1.165) is 44.7 Å². The van der Waals surface area contributed by atoms with Gasteiger partial charge in [-0.3, -0.25) is 0 Å². The summed E-state index contributed by atoms with van der Waals surface area (Å²) >= 11 is 0. The molecule has 0 atom stereocenters. The summed E-state index contributed by atoms with van der Waals surface area (Å²) in [6.45, 7) is 5.09. The zero-order valence-electron chi connectivity index (χ0n) is 11.3. The minimum absolute atomic E-state index is 0.118. The van der Waals surface area contributed by atoms with E-state index >= 15 is 0 Å². The number of aromatic carboxylic acids is 1. The third-order valence-corrected chi connectivity index (χ3v) is 3.46. The Bertz CT molecular complexity index is 430. The van der Waals surface area contributed by atoms with Crippen LogP contribution < -0.4 is 10.2 Å². The van der Waals surface area contributed by atoms with Gasteiger partial charge in [0, 0.05) is 12.6 Å². The molecule has 2 heterocycles. The molecule has 0 aliphatic carbocycles. The third-order valence-electron chi connectivity index (χ3n) is 3.46. The predicted molar refractivity (Wildman–Crippen MR) is 74.7 cm³/mol. The van der Waals surface area contributed by atoms with Crippen molar-refractivity contribution in [1.29, 1.82) is 0 Å². The van der Waals surface area contributed by atoms with Gasteiger partial charge >= 0.3 is 5.97 Å². The van der Waals surface area contributed by atoms with Gasteiger partial charge in [0.05, 0.1) is 0 Å². The number of carboxylic acid groups (broad SMARTS) is 1. The highest BCUT2D eigenvalue weighted by molar-refractivity contribution is 5.85. The average molecular weight is 263 g/mol. The van der Waals surface area contributed by atoms with Crippen LogP contribution in [0.1, 0.15) is 36.7 Å². The number of nitrogens with zero attached hydrogens (tertiary/aromatic N) is 2. The summed E-state index contributed by atoms with van der Waals surface area (Å²) in [6, 6.07) is 5.68. The van der Waals surface area contributed by atoms with Gasteiger partial charge in [-0.1, -0.05) is 13.0 Å². The molecule has 1 aliphatic rings. The zero-order chi connectivity index (χ0) is 13.7. The molecule has 104 valence electrons. The van der Waals surface area contributed by atoms with E-state index in [9.17, 15) is 4.79 Å². The molecular weight excluding hydrogens is 242 g/mol. The number of nitrogens with one attached hydrogen (secondary N) is 1. The fraction of sp³-hybridized carbons (Fsp3) is 0.571. The van der Waals surface area contributed by atoms with E-state index in [1.165, 1.54) is 0 Å². The first kappa shape index (κ1) is 13.8. The highest BCUT2D eigenvalue weighted by atomic mass is 16.4. The molecule has 0 spiro atoms. The number of aromatic nitrogens is 1. The summed E-state index contributed by atoms with van der Waals surface area (Å²) in [4.78, 5) is 17.5. The van der Waals surface area contributed by atoms with Crippen LogP contribution in [0.2, 0.25) is 0 Å². The van der Waals surface area contributed by atoms with Crippen LogP contribution in [-0.2, 0) is 0 Å². The van der Waals surface area contributed by atoms with Gasteiger partial charge < -0.3 is 15.3 Å². The Kier molecular flexibility index (Phi) is 4.74. The maximum atomic E-state index is 11.0. The van der Waals surface area contributed by atoms with Gasteiger partial charge in [0.2, 0.25) is 0 Å². The molecule has 0 radical (unpaired) electrons. The molecule has 1 fully saturated rings. The van der Waals surface area contributed by atoms with Crippen molar-refractivity contribution in [2.45, 2.75) is 32.2 Å². The van der Waals surface area contributed by atoms with Gasteiger partial charge in [-0.15, -0.1) is 0 Å². The number of hydrogen-bond donors (Lipinski definition) is 2. The lowest BCUT2D eigenvalue weighted by atomic mass is 10.0. The van der Waals surface area contributed by atoms with Crippen LogP contribution in [0.5, 0.6) is 0 Å². The lowest BCUT2D eigenvalue weighted by Crippen LogP contribution is -2.44. The van der Waals surface area contributed by atoms with Crippen molar-refractivity contribution in [1.82, 2.24) is 10.3 Å². The summed E-state index contributed by atoms with van der Waals surface area (Å²) in [7, 11) is 0. The summed E-state index contributed by atoms with van der Waals surface area (Å²) in [5.41, 5.74) is 0.118. The molecule has 5 heteroatoms. The van der Waals surface area contributed by atoms with Crippen molar-refractivity contribution in [2.24, 2.45) is 0 Å². The Morgan fingerprint density at radius 1 is 1.47 bits per heavy atom. The summed E-state index contributed by atoms with van der Waals surface area (Å²) in [5, 5.41) is 12.4. The highest BCUT2D eigenvalue weighted by Crippen LogP contribution is 2.20. The Morgan fingerprint density at radius 3 is 2.84 bits per heavy atom. The molecular formula is C14H21N3O2. The first-order valence-electron chi connectivity index (χ1n) is 6.90. The minimum Gasteiger partial charge on any atom is -0.477 e. The number of hydrogen-bond acceptors (Lipinski definition) is 4. The lowest BCUT2D eigenvalue weighted by Gasteiger charge is -2.35. The topological polar surface area (TPSA) is 65.5 Å². The summed E-state index contributed by atoms with van der Waals surface area (Å²) in [5.74, 6) is -0.183. The molecule has 0 amide bonds. The van der Waals surface area contributed by atoms with Crippen LogP contribution in [0.25, 0.3) is 0 Å². The van der Waals surface area contributed by atoms with E-state index in [0.29, 0.717) is 6.04 Å². The van der Waals surface area contributed by atoms with Crippen molar-refractivity contribution in [2.75, 3.05) is 24.5 Å². The second-order valence-corrected chi connectivity index (χ2v) is 4.86. The lowest BCUT2D eigenvalue weighted by molar-refractivity contribution is 0.0690. The number of carboxylic acids is 1. The predicted octanol–water partition coefficient (Wildman–Crippen LogP) is 1.75. The minimum atomic E-state index is -0.969. The number of rotatable bonds is 5.